The third-order valence-corrected chi connectivity index (χ3v) is 5.99. The van der Waals surface area contributed by atoms with E-state index in [2.05, 4.69) is 0 Å². The molecule has 0 radical (unpaired) electrons. The average Bonchev–Trinajstić information content (AvgIpc) is 3.45. The fourth-order valence-electron chi connectivity index (χ4n) is 4.03. The Bertz CT molecular complexity index is 1320. The summed E-state index contributed by atoms with van der Waals surface area (Å²) >= 11 is 6.19. The molecule has 1 atom stereocenters. The minimum Gasteiger partial charge on any atom is -0.507 e. The van der Waals surface area contributed by atoms with Gasteiger partial charge in [-0.05, 0) is 35.9 Å². The number of rotatable bonds is 7. The number of hydrogen-bond donors (Lipinski definition) is 2. The van der Waals surface area contributed by atoms with Gasteiger partial charge in [-0.15, -0.1) is 0 Å². The summed E-state index contributed by atoms with van der Waals surface area (Å²) in [6, 6.07) is 9.59. The Morgan fingerprint density at radius 1 is 1.03 bits per heavy atom. The average molecular weight is 500 g/mol. The van der Waals surface area contributed by atoms with Crippen molar-refractivity contribution in [1.29, 1.82) is 0 Å². The Morgan fingerprint density at radius 3 is 2.34 bits per heavy atom. The summed E-state index contributed by atoms with van der Waals surface area (Å²) in [7, 11) is 4.18. The molecule has 1 aromatic heterocycles. The maximum absolute atomic E-state index is 13.2. The van der Waals surface area contributed by atoms with Crippen LogP contribution in [0.15, 0.2) is 58.7 Å². The molecule has 10 heteroatoms. The normalized spacial score (nSPS) is 17.0. The molecule has 9 nitrogen and oxygen atoms in total. The number of phenolic OH excluding ortho intramolecular Hbond substituents is 1. The van der Waals surface area contributed by atoms with Crippen molar-refractivity contribution in [3.05, 3.63) is 76.2 Å². The first-order chi connectivity index (χ1) is 16.8. The Balaban J connectivity index is 1.94. The Labute approximate surface area is 205 Å². The Hall–Kier alpha value is -4.11. The predicted octanol–water partition coefficient (Wildman–Crippen LogP) is 4.29. The number of phenols is 1. The van der Waals surface area contributed by atoms with E-state index in [0.29, 0.717) is 11.3 Å². The molecule has 0 saturated carbocycles. The van der Waals surface area contributed by atoms with Crippen molar-refractivity contribution >= 4 is 29.1 Å². The van der Waals surface area contributed by atoms with Gasteiger partial charge in [0.2, 0.25) is 0 Å². The van der Waals surface area contributed by atoms with Crippen LogP contribution < -0.4 is 14.2 Å². The molecular weight excluding hydrogens is 478 g/mol. The molecule has 1 unspecified atom stereocenters. The molecule has 1 aliphatic rings. The van der Waals surface area contributed by atoms with Crippen LogP contribution in [-0.4, -0.2) is 48.1 Å². The van der Waals surface area contributed by atoms with E-state index in [4.69, 9.17) is 30.2 Å². The van der Waals surface area contributed by atoms with Crippen LogP contribution in [0.3, 0.4) is 0 Å². The first kappa shape index (κ1) is 24.0. The third-order valence-electron chi connectivity index (χ3n) is 5.69. The predicted molar refractivity (Wildman–Crippen MR) is 126 cm³/mol. The van der Waals surface area contributed by atoms with Gasteiger partial charge in [0.25, 0.3) is 11.7 Å². The first-order valence-corrected chi connectivity index (χ1v) is 10.8. The molecule has 0 aliphatic carbocycles. The highest BCUT2D eigenvalue weighted by atomic mass is 35.5. The largest absolute Gasteiger partial charge is 0.507 e. The van der Waals surface area contributed by atoms with Crippen LogP contribution in [-0.2, 0) is 16.1 Å². The maximum atomic E-state index is 13.2. The summed E-state index contributed by atoms with van der Waals surface area (Å²) in [5, 5.41) is 22.0. The number of Topliss-reactive ketones (excluding diaryl/α,β-unsaturated/α-hetero) is 1. The number of ketones is 1. The van der Waals surface area contributed by atoms with Gasteiger partial charge in [0.15, 0.2) is 11.5 Å². The number of likely N-dealkylation sites (tertiary alicyclic amines) is 1. The number of aliphatic hydroxyl groups is 1. The molecule has 182 valence electrons. The van der Waals surface area contributed by atoms with Gasteiger partial charge in [0.05, 0.1) is 56.3 Å². The number of furan rings is 1. The van der Waals surface area contributed by atoms with Gasteiger partial charge in [-0.2, -0.15) is 0 Å². The Kier molecular flexibility index (Phi) is 6.61. The van der Waals surface area contributed by atoms with Gasteiger partial charge in [-0.25, -0.2) is 0 Å². The summed E-state index contributed by atoms with van der Waals surface area (Å²) in [6.07, 6.45) is 1.45. The minimum absolute atomic E-state index is 0.0487. The smallest absolute Gasteiger partial charge is 0.296 e. The molecule has 3 aromatic rings. The first-order valence-electron chi connectivity index (χ1n) is 10.4. The molecule has 2 N–H and O–H groups in total. The molecular formula is C25H22ClNO8. The van der Waals surface area contributed by atoms with E-state index in [-0.39, 0.29) is 45.7 Å². The lowest BCUT2D eigenvalue weighted by Crippen LogP contribution is -2.29. The molecule has 0 bridgehead atoms. The second-order valence-electron chi connectivity index (χ2n) is 7.62. The number of carbonyl (C=O) groups is 2. The van der Waals surface area contributed by atoms with Crippen molar-refractivity contribution in [1.82, 2.24) is 4.90 Å². The quantitative estimate of drug-likeness (QED) is 0.281. The number of halogens is 1. The zero-order chi connectivity index (χ0) is 25.3. The van der Waals surface area contributed by atoms with Crippen molar-refractivity contribution in [2.75, 3.05) is 21.3 Å². The van der Waals surface area contributed by atoms with E-state index in [1.807, 2.05) is 0 Å². The number of hydrogen-bond acceptors (Lipinski definition) is 8. The summed E-state index contributed by atoms with van der Waals surface area (Å²) in [5.74, 6) is -1.40. The molecule has 2 aromatic carbocycles. The van der Waals surface area contributed by atoms with Crippen LogP contribution in [0.2, 0.25) is 5.02 Å². The van der Waals surface area contributed by atoms with Gasteiger partial charge in [-0.3, -0.25) is 9.59 Å². The summed E-state index contributed by atoms with van der Waals surface area (Å²) in [6.45, 7) is -0.0487. The fraction of sp³-hybridized carbons (Fsp3) is 0.200. The van der Waals surface area contributed by atoms with Crippen molar-refractivity contribution < 1.29 is 38.4 Å². The second kappa shape index (κ2) is 9.63. The number of aromatic hydroxyl groups is 1. The molecule has 4 rings (SSSR count). The zero-order valence-electron chi connectivity index (χ0n) is 19.1. The lowest BCUT2D eigenvalue weighted by Gasteiger charge is -2.25. The standard InChI is InChI=1S/C25H22ClNO8/c1-32-18-7-6-13(9-17(18)28)22-21(24(30)25(31)27(22)12-14-5-4-8-35-14)23(29)15-10-20(34-3)16(26)11-19(15)33-2/h4-11,22,28-29H,12H2,1-3H3/b23-21+. The van der Waals surface area contributed by atoms with E-state index in [1.54, 1.807) is 18.2 Å². The maximum Gasteiger partial charge on any atom is 0.296 e. The van der Waals surface area contributed by atoms with Gasteiger partial charge >= 0.3 is 0 Å². The lowest BCUT2D eigenvalue weighted by atomic mass is 9.94. The van der Waals surface area contributed by atoms with Crippen LogP contribution in [0.5, 0.6) is 23.0 Å². The number of ether oxygens (including phenoxy) is 3. The number of benzene rings is 2. The van der Waals surface area contributed by atoms with E-state index >= 15 is 0 Å². The Morgan fingerprint density at radius 2 is 1.74 bits per heavy atom. The van der Waals surface area contributed by atoms with Crippen molar-refractivity contribution in [3.8, 4) is 23.0 Å². The zero-order valence-corrected chi connectivity index (χ0v) is 19.8. The summed E-state index contributed by atoms with van der Waals surface area (Å²) in [4.78, 5) is 27.6. The molecule has 35 heavy (non-hydrogen) atoms. The topological polar surface area (TPSA) is 119 Å². The molecule has 1 amide bonds. The number of methoxy groups -OCH3 is 3. The van der Waals surface area contributed by atoms with E-state index < -0.39 is 23.5 Å². The highest BCUT2D eigenvalue weighted by molar-refractivity contribution is 6.46. The van der Waals surface area contributed by atoms with Crippen LogP contribution in [0.4, 0.5) is 0 Å². The number of carbonyl (C=O) groups excluding carboxylic acids is 2. The summed E-state index contributed by atoms with van der Waals surface area (Å²) in [5.41, 5.74) is 0.275. The van der Waals surface area contributed by atoms with Crippen molar-refractivity contribution in [2.45, 2.75) is 12.6 Å². The van der Waals surface area contributed by atoms with Crippen LogP contribution >= 0.6 is 11.6 Å². The number of nitrogens with zero attached hydrogens (tertiary/aromatic N) is 1. The molecule has 0 spiro atoms. The van der Waals surface area contributed by atoms with Gasteiger partial charge < -0.3 is 33.7 Å². The van der Waals surface area contributed by atoms with Crippen LogP contribution in [0.1, 0.15) is 22.9 Å². The van der Waals surface area contributed by atoms with Crippen molar-refractivity contribution in [2.24, 2.45) is 0 Å². The molecule has 1 aliphatic heterocycles. The monoisotopic (exact) mass is 499 g/mol. The number of aliphatic hydroxyl groups excluding tert-OH is 1. The van der Waals surface area contributed by atoms with E-state index in [1.165, 1.54) is 56.8 Å². The second-order valence-corrected chi connectivity index (χ2v) is 8.03. The van der Waals surface area contributed by atoms with Gasteiger partial charge in [-0.1, -0.05) is 17.7 Å². The number of amides is 1. The van der Waals surface area contributed by atoms with Gasteiger partial charge in [0, 0.05) is 6.07 Å². The lowest BCUT2D eigenvalue weighted by molar-refractivity contribution is -0.140. The molecule has 1 saturated heterocycles. The molecule has 2 heterocycles. The van der Waals surface area contributed by atoms with Crippen molar-refractivity contribution in [3.63, 3.8) is 0 Å². The van der Waals surface area contributed by atoms with Gasteiger partial charge in [0.1, 0.15) is 23.0 Å². The van der Waals surface area contributed by atoms with E-state index in [9.17, 15) is 19.8 Å². The SMILES string of the molecule is COc1ccc(C2/C(=C(\O)c3cc(OC)c(Cl)cc3OC)C(=O)C(=O)N2Cc2ccco2)cc1O. The highest BCUT2D eigenvalue weighted by Crippen LogP contribution is 2.44. The molecule has 1 fully saturated rings. The minimum atomic E-state index is -1.05. The highest BCUT2D eigenvalue weighted by Gasteiger charge is 2.47. The fourth-order valence-corrected chi connectivity index (χ4v) is 4.26. The third kappa shape index (κ3) is 4.26. The van der Waals surface area contributed by atoms with E-state index in [0.717, 1.165) is 0 Å². The van der Waals surface area contributed by atoms with Crippen LogP contribution in [0, 0.1) is 0 Å². The van der Waals surface area contributed by atoms with Crippen LogP contribution in [0.25, 0.3) is 5.76 Å². The summed E-state index contributed by atoms with van der Waals surface area (Å²) < 4.78 is 21.1.